The fourth-order valence-corrected chi connectivity index (χ4v) is 3.01. The molecular formula is C18H33IN4O. The molecule has 2 heterocycles. The number of hydrogen-bond acceptors (Lipinski definition) is 3. The number of hydrogen-bond donors (Lipinski definition) is 2. The van der Waals surface area contributed by atoms with Crippen LogP contribution in [0.15, 0.2) is 27.8 Å². The lowest BCUT2D eigenvalue weighted by Crippen LogP contribution is -2.39. The Hall–Kier alpha value is -0.760. The number of nitrogens with one attached hydrogen (secondary N) is 2. The van der Waals surface area contributed by atoms with E-state index in [2.05, 4.69) is 29.4 Å². The molecule has 1 atom stereocenters. The Bertz CT molecular complexity index is 444. The molecule has 1 aromatic heterocycles. The average molecular weight is 448 g/mol. The summed E-state index contributed by atoms with van der Waals surface area (Å²) in [4.78, 5) is 7.31. The lowest BCUT2D eigenvalue weighted by Gasteiger charge is -2.32. The molecule has 2 N–H and O–H groups in total. The predicted molar refractivity (Wildman–Crippen MR) is 111 cm³/mol. The highest BCUT2D eigenvalue weighted by Crippen LogP contribution is 2.13. The molecule has 1 unspecified atom stereocenters. The van der Waals surface area contributed by atoms with Crippen LogP contribution in [0.2, 0.25) is 0 Å². The molecular weight excluding hydrogens is 415 g/mol. The molecule has 24 heavy (non-hydrogen) atoms. The smallest absolute Gasteiger partial charge is 0.191 e. The number of nitrogens with zero attached hydrogens (tertiary/aromatic N) is 2. The number of halogens is 1. The van der Waals surface area contributed by atoms with Gasteiger partial charge in [-0.3, -0.25) is 4.99 Å². The molecule has 0 aliphatic carbocycles. The topological polar surface area (TPSA) is 52.8 Å². The van der Waals surface area contributed by atoms with Crippen LogP contribution in [0.1, 0.15) is 45.3 Å². The quantitative estimate of drug-likeness (QED) is 0.364. The van der Waals surface area contributed by atoms with Crippen LogP contribution in [0.5, 0.6) is 0 Å². The second-order valence-corrected chi connectivity index (χ2v) is 6.25. The predicted octanol–water partition coefficient (Wildman–Crippen LogP) is 3.26. The van der Waals surface area contributed by atoms with Crippen molar-refractivity contribution < 1.29 is 4.42 Å². The monoisotopic (exact) mass is 448 g/mol. The zero-order valence-electron chi connectivity index (χ0n) is 15.1. The van der Waals surface area contributed by atoms with E-state index >= 15 is 0 Å². The Morgan fingerprint density at radius 3 is 2.75 bits per heavy atom. The highest BCUT2D eigenvalue weighted by atomic mass is 127. The van der Waals surface area contributed by atoms with Crippen LogP contribution in [0.3, 0.4) is 0 Å². The van der Waals surface area contributed by atoms with E-state index in [-0.39, 0.29) is 24.0 Å². The Morgan fingerprint density at radius 1 is 1.29 bits per heavy atom. The summed E-state index contributed by atoms with van der Waals surface area (Å²) in [6, 6.07) is 4.56. The summed E-state index contributed by atoms with van der Waals surface area (Å²) >= 11 is 0. The van der Waals surface area contributed by atoms with Crippen molar-refractivity contribution in [2.75, 3.05) is 32.7 Å². The van der Waals surface area contributed by atoms with Gasteiger partial charge >= 0.3 is 0 Å². The van der Waals surface area contributed by atoms with Crippen molar-refractivity contribution in [3.63, 3.8) is 0 Å². The van der Waals surface area contributed by atoms with Crippen molar-refractivity contribution in [3.8, 4) is 0 Å². The minimum atomic E-state index is 0. The van der Waals surface area contributed by atoms with Gasteiger partial charge in [-0.05, 0) is 58.3 Å². The molecule has 1 saturated heterocycles. The number of likely N-dealkylation sites (tertiary alicyclic amines) is 1. The lowest BCUT2D eigenvalue weighted by atomic mass is 10.1. The first-order valence-corrected chi connectivity index (χ1v) is 9.08. The maximum absolute atomic E-state index is 5.35. The third-order valence-electron chi connectivity index (χ3n) is 4.42. The van der Waals surface area contributed by atoms with Gasteiger partial charge in [0, 0.05) is 32.1 Å². The van der Waals surface area contributed by atoms with Crippen LogP contribution < -0.4 is 10.6 Å². The first-order chi connectivity index (χ1) is 11.3. The second kappa shape index (κ2) is 12.6. The summed E-state index contributed by atoms with van der Waals surface area (Å²) in [5.41, 5.74) is 0. The summed E-state index contributed by atoms with van der Waals surface area (Å²) in [5, 5.41) is 6.69. The van der Waals surface area contributed by atoms with Crippen LogP contribution in [-0.4, -0.2) is 49.6 Å². The van der Waals surface area contributed by atoms with Crippen LogP contribution >= 0.6 is 24.0 Å². The fourth-order valence-electron chi connectivity index (χ4n) is 3.01. The zero-order valence-corrected chi connectivity index (χ0v) is 17.4. The maximum Gasteiger partial charge on any atom is 0.191 e. The van der Waals surface area contributed by atoms with Crippen molar-refractivity contribution >= 4 is 29.9 Å². The molecule has 1 aliphatic heterocycles. The number of aliphatic imine (C=N–C) groups is 1. The Kier molecular flexibility index (Phi) is 11.2. The number of furan rings is 1. The van der Waals surface area contributed by atoms with E-state index in [9.17, 15) is 0 Å². The molecule has 1 fully saturated rings. The molecule has 0 aromatic carbocycles. The van der Waals surface area contributed by atoms with Crippen LogP contribution in [-0.2, 0) is 6.42 Å². The summed E-state index contributed by atoms with van der Waals surface area (Å²) < 4.78 is 5.35. The van der Waals surface area contributed by atoms with Gasteiger partial charge in [-0.2, -0.15) is 0 Å². The largest absolute Gasteiger partial charge is 0.469 e. The SMILES string of the molecule is CCNC(=NCCC(C)N1CCCCC1)NCCc1ccco1.I. The molecule has 0 radical (unpaired) electrons. The minimum Gasteiger partial charge on any atom is -0.469 e. The van der Waals surface area contributed by atoms with E-state index in [1.54, 1.807) is 6.26 Å². The highest BCUT2D eigenvalue weighted by molar-refractivity contribution is 14.0. The second-order valence-electron chi connectivity index (χ2n) is 6.25. The Morgan fingerprint density at radius 2 is 2.08 bits per heavy atom. The highest BCUT2D eigenvalue weighted by Gasteiger charge is 2.15. The summed E-state index contributed by atoms with van der Waals surface area (Å²) in [7, 11) is 0. The molecule has 0 amide bonds. The summed E-state index contributed by atoms with van der Waals surface area (Å²) in [5.74, 6) is 1.91. The minimum absolute atomic E-state index is 0. The molecule has 1 aliphatic rings. The molecule has 2 rings (SSSR count). The molecule has 5 nitrogen and oxygen atoms in total. The fraction of sp³-hybridized carbons (Fsp3) is 0.722. The van der Waals surface area contributed by atoms with Crippen LogP contribution in [0.25, 0.3) is 0 Å². The Labute approximate surface area is 163 Å². The molecule has 0 saturated carbocycles. The van der Waals surface area contributed by atoms with E-state index in [4.69, 9.17) is 9.41 Å². The maximum atomic E-state index is 5.35. The summed E-state index contributed by atoms with van der Waals surface area (Å²) in [6.45, 7) is 9.53. The zero-order chi connectivity index (χ0) is 16.3. The van der Waals surface area contributed by atoms with Crippen LogP contribution in [0.4, 0.5) is 0 Å². The van der Waals surface area contributed by atoms with Crippen molar-refractivity contribution in [2.45, 2.75) is 52.0 Å². The number of guanidine groups is 1. The van der Waals surface area contributed by atoms with Gasteiger partial charge in [-0.15, -0.1) is 24.0 Å². The van der Waals surface area contributed by atoms with E-state index in [1.165, 1.54) is 32.4 Å². The standard InChI is InChI=1S/C18H32N4O.HI/c1-3-19-18(21-12-10-17-8-7-15-23-17)20-11-9-16(2)22-13-5-4-6-14-22;/h7-8,15-16H,3-6,9-14H2,1-2H3,(H2,19,20,21);1H. The third-order valence-corrected chi connectivity index (χ3v) is 4.42. The van der Waals surface area contributed by atoms with Crippen molar-refractivity contribution in [3.05, 3.63) is 24.2 Å². The van der Waals surface area contributed by atoms with Gasteiger partial charge in [0.1, 0.15) is 5.76 Å². The molecule has 0 spiro atoms. The van der Waals surface area contributed by atoms with Gasteiger partial charge in [0.25, 0.3) is 0 Å². The first kappa shape index (κ1) is 21.3. The van der Waals surface area contributed by atoms with E-state index in [0.717, 1.165) is 44.2 Å². The molecule has 6 heteroatoms. The van der Waals surface area contributed by atoms with Crippen LogP contribution in [0, 0.1) is 0 Å². The van der Waals surface area contributed by atoms with Gasteiger partial charge in [-0.1, -0.05) is 6.42 Å². The van der Waals surface area contributed by atoms with Gasteiger partial charge in [0.05, 0.1) is 6.26 Å². The van der Waals surface area contributed by atoms with Crippen molar-refractivity contribution in [1.29, 1.82) is 0 Å². The average Bonchev–Trinajstić information content (AvgIpc) is 3.09. The third kappa shape index (κ3) is 7.88. The number of piperidine rings is 1. The normalized spacial score (nSPS) is 17.2. The van der Waals surface area contributed by atoms with Crippen molar-refractivity contribution in [1.82, 2.24) is 15.5 Å². The molecule has 0 bridgehead atoms. The van der Waals surface area contributed by atoms with Gasteiger partial charge in [-0.25, -0.2) is 0 Å². The number of rotatable bonds is 8. The molecule has 138 valence electrons. The van der Waals surface area contributed by atoms with E-state index in [0.29, 0.717) is 6.04 Å². The van der Waals surface area contributed by atoms with Gasteiger partial charge < -0.3 is 20.0 Å². The van der Waals surface area contributed by atoms with E-state index in [1.807, 2.05) is 12.1 Å². The summed E-state index contributed by atoms with van der Waals surface area (Å²) in [6.07, 6.45) is 7.81. The van der Waals surface area contributed by atoms with Gasteiger partial charge in [0.2, 0.25) is 0 Å². The lowest BCUT2D eigenvalue weighted by molar-refractivity contribution is 0.168. The Balaban J connectivity index is 0.00000288. The van der Waals surface area contributed by atoms with E-state index < -0.39 is 0 Å². The van der Waals surface area contributed by atoms with Gasteiger partial charge in [0.15, 0.2) is 5.96 Å². The molecule has 1 aromatic rings. The first-order valence-electron chi connectivity index (χ1n) is 9.08. The van der Waals surface area contributed by atoms with Crippen molar-refractivity contribution in [2.24, 2.45) is 4.99 Å².